The molecule has 1 saturated carbocycles. The standard InChI is InChI=1S/C20H21ClN2O3/c21-16-7-3-14(4-8-16)20(25)15-5-9-17(10-6-15)26-12-19(24)23-11-18(22)13-1-2-13/h3-10,13,18H,1-2,11-12,22H2,(H,23,24). The molecule has 1 fully saturated rings. The number of carbonyl (C=O) groups is 2. The van der Waals surface area contributed by atoms with E-state index in [1.54, 1.807) is 48.5 Å². The summed E-state index contributed by atoms with van der Waals surface area (Å²) in [6, 6.07) is 13.5. The van der Waals surface area contributed by atoms with E-state index in [4.69, 9.17) is 22.1 Å². The summed E-state index contributed by atoms with van der Waals surface area (Å²) < 4.78 is 5.45. The van der Waals surface area contributed by atoms with Crippen molar-refractivity contribution < 1.29 is 14.3 Å². The molecule has 0 bridgehead atoms. The molecule has 0 aromatic heterocycles. The van der Waals surface area contributed by atoms with Gasteiger partial charge in [-0.2, -0.15) is 0 Å². The van der Waals surface area contributed by atoms with Crippen LogP contribution in [0.4, 0.5) is 0 Å². The average molecular weight is 373 g/mol. The van der Waals surface area contributed by atoms with Gasteiger partial charge >= 0.3 is 0 Å². The van der Waals surface area contributed by atoms with E-state index in [-0.39, 0.29) is 24.3 Å². The van der Waals surface area contributed by atoms with E-state index < -0.39 is 0 Å². The van der Waals surface area contributed by atoms with Crippen molar-refractivity contribution in [3.05, 3.63) is 64.7 Å². The number of benzene rings is 2. The maximum Gasteiger partial charge on any atom is 0.257 e. The van der Waals surface area contributed by atoms with Gasteiger partial charge in [0.05, 0.1) is 0 Å². The average Bonchev–Trinajstić information content (AvgIpc) is 3.50. The second kappa shape index (κ2) is 8.34. The highest BCUT2D eigenvalue weighted by Gasteiger charge is 2.28. The van der Waals surface area contributed by atoms with Crippen LogP contribution in [0.25, 0.3) is 0 Å². The molecule has 5 nitrogen and oxygen atoms in total. The van der Waals surface area contributed by atoms with Crippen molar-refractivity contribution in [1.82, 2.24) is 5.32 Å². The van der Waals surface area contributed by atoms with E-state index in [9.17, 15) is 9.59 Å². The zero-order valence-electron chi connectivity index (χ0n) is 14.3. The molecule has 6 heteroatoms. The van der Waals surface area contributed by atoms with Crippen LogP contribution in [-0.2, 0) is 4.79 Å². The van der Waals surface area contributed by atoms with Gasteiger partial charge in [-0.25, -0.2) is 0 Å². The fourth-order valence-corrected chi connectivity index (χ4v) is 2.72. The lowest BCUT2D eigenvalue weighted by Gasteiger charge is -2.12. The maximum atomic E-state index is 12.4. The summed E-state index contributed by atoms with van der Waals surface area (Å²) in [4.78, 5) is 24.2. The van der Waals surface area contributed by atoms with Crippen LogP contribution in [0.2, 0.25) is 5.02 Å². The van der Waals surface area contributed by atoms with Crippen molar-refractivity contribution in [2.45, 2.75) is 18.9 Å². The summed E-state index contributed by atoms with van der Waals surface area (Å²) in [6.45, 7) is 0.392. The molecule has 1 aliphatic rings. The summed E-state index contributed by atoms with van der Waals surface area (Å²) in [7, 11) is 0. The Morgan fingerprint density at radius 3 is 2.23 bits per heavy atom. The van der Waals surface area contributed by atoms with Gasteiger partial charge in [0, 0.05) is 28.7 Å². The summed E-state index contributed by atoms with van der Waals surface area (Å²) >= 11 is 5.83. The molecule has 1 atom stereocenters. The lowest BCUT2D eigenvalue weighted by atomic mass is 10.0. The first-order chi connectivity index (χ1) is 12.5. The summed E-state index contributed by atoms with van der Waals surface area (Å²) in [6.07, 6.45) is 2.29. The van der Waals surface area contributed by atoms with E-state index >= 15 is 0 Å². The van der Waals surface area contributed by atoms with Gasteiger partial charge in [-0.05, 0) is 67.3 Å². The Bertz CT molecular complexity index is 771. The predicted molar refractivity (Wildman–Crippen MR) is 101 cm³/mol. The molecule has 0 aliphatic heterocycles. The molecule has 3 rings (SSSR count). The number of carbonyl (C=O) groups excluding carboxylic acids is 2. The SMILES string of the molecule is NC(CNC(=O)COc1ccc(C(=O)c2ccc(Cl)cc2)cc1)C1CC1. The van der Waals surface area contributed by atoms with Gasteiger partial charge in [0.25, 0.3) is 5.91 Å². The van der Waals surface area contributed by atoms with Crippen LogP contribution in [0, 0.1) is 5.92 Å². The molecule has 3 N–H and O–H groups in total. The van der Waals surface area contributed by atoms with Gasteiger partial charge in [-0.1, -0.05) is 11.6 Å². The zero-order valence-corrected chi connectivity index (χ0v) is 15.0. The second-order valence-corrected chi connectivity index (χ2v) is 6.89. The van der Waals surface area contributed by atoms with Gasteiger partial charge in [0.15, 0.2) is 12.4 Å². The second-order valence-electron chi connectivity index (χ2n) is 6.45. The fourth-order valence-electron chi connectivity index (χ4n) is 2.59. The van der Waals surface area contributed by atoms with Gasteiger partial charge in [-0.15, -0.1) is 0 Å². The highest BCUT2D eigenvalue weighted by Crippen LogP contribution is 2.31. The number of ether oxygens (including phenoxy) is 1. The Labute approximate surface area is 157 Å². The Morgan fingerprint density at radius 2 is 1.65 bits per heavy atom. The topological polar surface area (TPSA) is 81.4 Å². The monoisotopic (exact) mass is 372 g/mol. The smallest absolute Gasteiger partial charge is 0.257 e. The Morgan fingerprint density at radius 1 is 1.08 bits per heavy atom. The van der Waals surface area contributed by atoms with Gasteiger partial charge in [0.1, 0.15) is 5.75 Å². The van der Waals surface area contributed by atoms with E-state index in [1.165, 1.54) is 0 Å². The molecule has 1 amide bonds. The fraction of sp³-hybridized carbons (Fsp3) is 0.300. The van der Waals surface area contributed by atoms with Crippen molar-refractivity contribution >= 4 is 23.3 Å². The van der Waals surface area contributed by atoms with E-state index in [0.29, 0.717) is 34.4 Å². The van der Waals surface area contributed by atoms with Gasteiger partial charge < -0.3 is 15.8 Å². The molecule has 0 radical (unpaired) electrons. The lowest BCUT2D eigenvalue weighted by molar-refractivity contribution is -0.123. The minimum absolute atomic E-state index is 0.0251. The molecule has 2 aromatic rings. The van der Waals surface area contributed by atoms with Gasteiger partial charge in [-0.3, -0.25) is 9.59 Å². The van der Waals surface area contributed by atoms with Crippen LogP contribution < -0.4 is 15.8 Å². The summed E-state index contributed by atoms with van der Waals surface area (Å²) in [5, 5.41) is 3.36. The molecule has 0 heterocycles. The number of hydrogen-bond donors (Lipinski definition) is 2. The maximum absolute atomic E-state index is 12.4. The van der Waals surface area contributed by atoms with Crippen LogP contribution in [-0.4, -0.2) is 30.9 Å². The van der Waals surface area contributed by atoms with Crippen LogP contribution in [0.5, 0.6) is 5.75 Å². The number of nitrogens with one attached hydrogen (secondary N) is 1. The van der Waals surface area contributed by atoms with E-state index in [0.717, 1.165) is 12.8 Å². The lowest BCUT2D eigenvalue weighted by Crippen LogP contribution is -2.40. The van der Waals surface area contributed by atoms with Crippen molar-refractivity contribution in [3.8, 4) is 5.75 Å². The Balaban J connectivity index is 1.48. The number of rotatable bonds is 8. The molecule has 0 spiro atoms. The minimum Gasteiger partial charge on any atom is -0.484 e. The number of amides is 1. The Kier molecular flexibility index (Phi) is 5.91. The third kappa shape index (κ3) is 5.07. The van der Waals surface area contributed by atoms with Crippen molar-refractivity contribution in [2.24, 2.45) is 11.7 Å². The van der Waals surface area contributed by atoms with E-state index in [2.05, 4.69) is 5.32 Å². The van der Waals surface area contributed by atoms with Crippen LogP contribution in [0.1, 0.15) is 28.8 Å². The predicted octanol–water partition coefficient (Wildman–Crippen LogP) is 2.80. The molecule has 1 unspecified atom stereocenters. The normalized spacial score (nSPS) is 14.5. The number of nitrogens with two attached hydrogens (primary N) is 1. The third-order valence-electron chi connectivity index (χ3n) is 4.36. The first-order valence-corrected chi connectivity index (χ1v) is 8.96. The highest BCUT2D eigenvalue weighted by molar-refractivity contribution is 6.30. The van der Waals surface area contributed by atoms with Crippen molar-refractivity contribution in [1.29, 1.82) is 0 Å². The van der Waals surface area contributed by atoms with E-state index in [1.807, 2.05) is 0 Å². The molecular formula is C20H21ClN2O3. The van der Waals surface area contributed by atoms with Gasteiger partial charge in [0.2, 0.25) is 0 Å². The summed E-state index contributed by atoms with van der Waals surface area (Å²) in [5.74, 6) is 0.767. The van der Waals surface area contributed by atoms with Crippen LogP contribution in [0.3, 0.4) is 0 Å². The van der Waals surface area contributed by atoms with Crippen LogP contribution >= 0.6 is 11.6 Å². The minimum atomic E-state index is -0.206. The number of halogens is 1. The van der Waals surface area contributed by atoms with Crippen LogP contribution in [0.15, 0.2) is 48.5 Å². The molecule has 136 valence electrons. The first-order valence-electron chi connectivity index (χ1n) is 8.58. The molecular weight excluding hydrogens is 352 g/mol. The Hall–Kier alpha value is -2.37. The van der Waals surface area contributed by atoms with Crippen molar-refractivity contribution in [3.63, 3.8) is 0 Å². The molecule has 26 heavy (non-hydrogen) atoms. The van der Waals surface area contributed by atoms with Crippen molar-refractivity contribution in [2.75, 3.05) is 13.2 Å². The third-order valence-corrected chi connectivity index (χ3v) is 4.61. The highest BCUT2D eigenvalue weighted by atomic mass is 35.5. The number of hydrogen-bond acceptors (Lipinski definition) is 4. The molecule has 0 saturated heterocycles. The molecule has 2 aromatic carbocycles. The largest absolute Gasteiger partial charge is 0.484 e. The quantitative estimate of drug-likeness (QED) is 0.698. The first kappa shape index (κ1) is 18.4. The molecule has 1 aliphatic carbocycles. The summed E-state index contributed by atoms with van der Waals surface area (Å²) in [5.41, 5.74) is 7.05. The number of ketones is 1. The zero-order chi connectivity index (χ0) is 18.5.